The molecule has 0 bridgehead atoms. The van der Waals surface area contributed by atoms with Gasteiger partial charge in [0, 0.05) is 19.3 Å². The molecule has 0 radical (unpaired) electrons. The summed E-state index contributed by atoms with van der Waals surface area (Å²) in [5.41, 5.74) is 8.01. The molecule has 100 valence electrons. The number of thioether (sulfide) groups is 1. The van der Waals surface area contributed by atoms with E-state index in [1.165, 1.54) is 0 Å². The fraction of sp³-hybridized carbons (Fsp3) is 0.462. The maximum Gasteiger partial charge on any atom is 0.338 e. The first-order valence-electron chi connectivity index (χ1n) is 5.86. The Morgan fingerprint density at radius 1 is 1.50 bits per heavy atom. The van der Waals surface area contributed by atoms with Gasteiger partial charge in [0.05, 0.1) is 23.5 Å². The van der Waals surface area contributed by atoms with E-state index in [9.17, 15) is 4.79 Å². The van der Waals surface area contributed by atoms with Crippen LogP contribution in [0.15, 0.2) is 18.2 Å². The molecule has 0 fully saturated rings. The summed E-state index contributed by atoms with van der Waals surface area (Å²) in [6.45, 7) is 3.07. The van der Waals surface area contributed by atoms with E-state index in [2.05, 4.69) is 11.2 Å². The van der Waals surface area contributed by atoms with Gasteiger partial charge >= 0.3 is 5.97 Å². The molecule has 0 spiro atoms. The second kappa shape index (κ2) is 7.16. The summed E-state index contributed by atoms with van der Waals surface area (Å²) < 4.78 is 4.94. The van der Waals surface area contributed by atoms with Crippen molar-refractivity contribution in [1.29, 1.82) is 0 Å². The summed E-state index contributed by atoms with van der Waals surface area (Å²) in [5, 5.41) is 0. The second-order valence-corrected chi connectivity index (χ2v) is 4.89. The third-order valence-electron chi connectivity index (χ3n) is 2.58. The van der Waals surface area contributed by atoms with Crippen LogP contribution in [0.1, 0.15) is 17.3 Å². The van der Waals surface area contributed by atoms with Crippen molar-refractivity contribution in [3.05, 3.63) is 23.8 Å². The summed E-state index contributed by atoms with van der Waals surface area (Å²) in [6.07, 6.45) is 2.07. The van der Waals surface area contributed by atoms with Crippen molar-refractivity contribution in [2.75, 3.05) is 42.8 Å². The zero-order chi connectivity index (χ0) is 13.5. The van der Waals surface area contributed by atoms with Gasteiger partial charge in [-0.05, 0) is 31.4 Å². The molecule has 0 saturated heterocycles. The summed E-state index contributed by atoms with van der Waals surface area (Å²) in [6, 6.07) is 5.28. The van der Waals surface area contributed by atoms with E-state index < -0.39 is 0 Å². The summed E-state index contributed by atoms with van der Waals surface area (Å²) in [4.78, 5) is 13.6. The summed E-state index contributed by atoms with van der Waals surface area (Å²) >= 11 is 1.79. The molecule has 0 atom stereocenters. The van der Waals surface area contributed by atoms with Gasteiger partial charge in [-0.3, -0.25) is 0 Å². The molecular weight excluding hydrogens is 248 g/mol. The molecule has 0 aliphatic carbocycles. The summed E-state index contributed by atoms with van der Waals surface area (Å²) in [5.74, 6) is 0.706. The van der Waals surface area contributed by atoms with Crippen molar-refractivity contribution < 1.29 is 9.53 Å². The van der Waals surface area contributed by atoms with E-state index in [0.29, 0.717) is 17.9 Å². The SMILES string of the molecule is CCOC(=O)c1ccc(N(C)CCSC)c(N)c1. The van der Waals surface area contributed by atoms with Crippen molar-refractivity contribution in [2.45, 2.75) is 6.92 Å². The molecule has 18 heavy (non-hydrogen) atoms. The van der Waals surface area contributed by atoms with Crippen LogP contribution < -0.4 is 10.6 Å². The molecule has 5 heteroatoms. The number of nitrogens with zero attached hydrogens (tertiary/aromatic N) is 1. The maximum atomic E-state index is 11.6. The minimum atomic E-state index is -0.331. The number of carbonyl (C=O) groups is 1. The van der Waals surface area contributed by atoms with E-state index >= 15 is 0 Å². The van der Waals surface area contributed by atoms with Crippen LogP contribution in [0, 0.1) is 0 Å². The molecule has 0 heterocycles. The fourth-order valence-electron chi connectivity index (χ4n) is 1.59. The van der Waals surface area contributed by atoms with Crippen LogP contribution in [-0.2, 0) is 4.74 Å². The third-order valence-corrected chi connectivity index (χ3v) is 3.17. The Morgan fingerprint density at radius 2 is 2.22 bits per heavy atom. The normalized spacial score (nSPS) is 10.2. The number of nitrogen functional groups attached to an aromatic ring is 1. The van der Waals surface area contributed by atoms with Gasteiger partial charge in [0.15, 0.2) is 0 Å². The Morgan fingerprint density at radius 3 is 2.78 bits per heavy atom. The highest BCUT2D eigenvalue weighted by atomic mass is 32.2. The van der Waals surface area contributed by atoms with Gasteiger partial charge in [-0.2, -0.15) is 11.8 Å². The topological polar surface area (TPSA) is 55.6 Å². The fourth-order valence-corrected chi connectivity index (χ4v) is 2.05. The van der Waals surface area contributed by atoms with Gasteiger partial charge in [-0.25, -0.2) is 4.79 Å². The quantitative estimate of drug-likeness (QED) is 0.633. The summed E-state index contributed by atoms with van der Waals surface area (Å²) in [7, 11) is 1.99. The number of ether oxygens (including phenoxy) is 1. The number of benzene rings is 1. The lowest BCUT2D eigenvalue weighted by Gasteiger charge is -2.21. The molecular formula is C13H20N2O2S. The number of nitrogens with two attached hydrogens (primary N) is 1. The molecule has 0 aromatic heterocycles. The van der Waals surface area contributed by atoms with Gasteiger partial charge < -0.3 is 15.4 Å². The first-order valence-corrected chi connectivity index (χ1v) is 7.26. The minimum Gasteiger partial charge on any atom is -0.462 e. The van der Waals surface area contributed by atoms with E-state index in [4.69, 9.17) is 10.5 Å². The highest BCUT2D eigenvalue weighted by Crippen LogP contribution is 2.23. The highest BCUT2D eigenvalue weighted by Gasteiger charge is 2.10. The zero-order valence-corrected chi connectivity index (χ0v) is 11.9. The molecule has 2 N–H and O–H groups in total. The van der Waals surface area contributed by atoms with Gasteiger partial charge in [0.2, 0.25) is 0 Å². The van der Waals surface area contributed by atoms with Crippen LogP contribution in [0.5, 0.6) is 0 Å². The van der Waals surface area contributed by atoms with E-state index in [1.54, 1.807) is 30.8 Å². The average molecular weight is 268 g/mol. The standard InChI is InChI=1S/C13H20N2O2S/c1-4-17-13(16)10-5-6-12(11(14)9-10)15(2)7-8-18-3/h5-6,9H,4,7-8,14H2,1-3H3. The molecule has 0 aliphatic rings. The molecule has 0 unspecified atom stereocenters. The van der Waals surface area contributed by atoms with Crippen molar-refractivity contribution in [1.82, 2.24) is 0 Å². The van der Waals surface area contributed by atoms with Crippen molar-refractivity contribution in [3.63, 3.8) is 0 Å². The number of anilines is 2. The third kappa shape index (κ3) is 3.84. The molecule has 1 aromatic rings. The Labute approximate surface area is 112 Å². The van der Waals surface area contributed by atoms with Gasteiger partial charge in [0.25, 0.3) is 0 Å². The van der Waals surface area contributed by atoms with E-state index in [1.807, 2.05) is 13.1 Å². The van der Waals surface area contributed by atoms with Gasteiger partial charge in [0.1, 0.15) is 0 Å². The second-order valence-electron chi connectivity index (χ2n) is 3.91. The van der Waals surface area contributed by atoms with Crippen LogP contribution in [0.4, 0.5) is 11.4 Å². The van der Waals surface area contributed by atoms with Crippen molar-refractivity contribution in [2.24, 2.45) is 0 Å². The van der Waals surface area contributed by atoms with E-state index in [0.717, 1.165) is 18.0 Å². The van der Waals surface area contributed by atoms with Gasteiger partial charge in [-0.15, -0.1) is 0 Å². The molecule has 1 aromatic carbocycles. The molecule has 0 aliphatic heterocycles. The van der Waals surface area contributed by atoms with Crippen molar-refractivity contribution >= 4 is 29.1 Å². The van der Waals surface area contributed by atoms with E-state index in [-0.39, 0.29) is 5.97 Å². The maximum absolute atomic E-state index is 11.6. The lowest BCUT2D eigenvalue weighted by atomic mass is 10.1. The first-order chi connectivity index (χ1) is 8.60. The highest BCUT2D eigenvalue weighted by molar-refractivity contribution is 7.98. The Balaban J connectivity index is 2.82. The molecule has 0 amide bonds. The lowest BCUT2D eigenvalue weighted by molar-refractivity contribution is 0.0526. The Bertz CT molecular complexity index is 410. The molecule has 4 nitrogen and oxygen atoms in total. The minimum absolute atomic E-state index is 0.331. The Kier molecular flexibility index (Phi) is 5.85. The molecule has 1 rings (SSSR count). The number of hydrogen-bond acceptors (Lipinski definition) is 5. The average Bonchev–Trinajstić information content (AvgIpc) is 2.36. The zero-order valence-electron chi connectivity index (χ0n) is 11.1. The predicted molar refractivity (Wildman–Crippen MR) is 78.5 cm³/mol. The lowest BCUT2D eigenvalue weighted by Crippen LogP contribution is -2.21. The number of rotatable bonds is 6. The predicted octanol–water partition coefficient (Wildman–Crippen LogP) is 2.24. The van der Waals surface area contributed by atoms with Gasteiger partial charge in [-0.1, -0.05) is 0 Å². The first kappa shape index (κ1) is 14.7. The monoisotopic (exact) mass is 268 g/mol. The van der Waals surface area contributed by atoms with Crippen LogP contribution in [0.25, 0.3) is 0 Å². The largest absolute Gasteiger partial charge is 0.462 e. The Hall–Kier alpha value is -1.36. The number of esters is 1. The molecule has 0 saturated carbocycles. The number of hydrogen-bond donors (Lipinski definition) is 1. The number of carbonyl (C=O) groups excluding carboxylic acids is 1. The van der Waals surface area contributed by atoms with Crippen LogP contribution in [-0.4, -0.2) is 38.2 Å². The smallest absolute Gasteiger partial charge is 0.338 e. The van der Waals surface area contributed by atoms with Crippen LogP contribution in [0.3, 0.4) is 0 Å². The van der Waals surface area contributed by atoms with Crippen LogP contribution >= 0.6 is 11.8 Å². The van der Waals surface area contributed by atoms with Crippen molar-refractivity contribution in [3.8, 4) is 0 Å². The van der Waals surface area contributed by atoms with Crippen LogP contribution in [0.2, 0.25) is 0 Å².